The van der Waals surface area contributed by atoms with Crippen LogP contribution in [-0.4, -0.2) is 31.1 Å². The lowest BCUT2D eigenvalue weighted by Crippen LogP contribution is -2.26. The van der Waals surface area contributed by atoms with E-state index in [4.69, 9.17) is 0 Å². The number of benzene rings is 1. The Morgan fingerprint density at radius 3 is 2.61 bits per heavy atom. The Hall–Kier alpha value is -1.69. The van der Waals surface area contributed by atoms with Gasteiger partial charge in [0.05, 0.1) is 4.92 Å². The second-order valence-electron chi connectivity index (χ2n) is 4.95. The molecule has 0 amide bonds. The van der Waals surface area contributed by atoms with E-state index in [0.717, 1.165) is 13.1 Å². The first-order chi connectivity index (χ1) is 8.66. The van der Waals surface area contributed by atoms with Crippen LogP contribution in [0.1, 0.15) is 0 Å². The number of nitrogens with one attached hydrogen (secondary N) is 1. The molecule has 18 heavy (non-hydrogen) atoms. The highest BCUT2D eigenvalue weighted by molar-refractivity contribution is 5.64. The van der Waals surface area contributed by atoms with Gasteiger partial charge in [-0.05, 0) is 17.9 Å². The number of halogens is 1. The molecule has 0 radical (unpaired) electrons. The van der Waals surface area contributed by atoms with Crippen molar-refractivity contribution in [2.75, 3.05) is 31.1 Å². The van der Waals surface area contributed by atoms with E-state index in [1.807, 2.05) is 4.90 Å². The van der Waals surface area contributed by atoms with E-state index in [9.17, 15) is 14.5 Å². The summed E-state index contributed by atoms with van der Waals surface area (Å²) in [6.07, 6.45) is 0. The van der Waals surface area contributed by atoms with Crippen molar-refractivity contribution in [3.05, 3.63) is 34.1 Å². The molecule has 6 heteroatoms. The van der Waals surface area contributed by atoms with Crippen molar-refractivity contribution < 1.29 is 9.31 Å². The summed E-state index contributed by atoms with van der Waals surface area (Å²) in [5.41, 5.74) is 0.0137. The molecule has 0 bridgehead atoms. The maximum atomic E-state index is 13.9. The Morgan fingerprint density at radius 2 is 2.00 bits per heavy atom. The Labute approximate surface area is 104 Å². The lowest BCUT2D eigenvalue weighted by Gasteiger charge is -2.20. The van der Waals surface area contributed by atoms with E-state index in [0.29, 0.717) is 24.9 Å². The van der Waals surface area contributed by atoms with Crippen molar-refractivity contribution in [2.45, 2.75) is 0 Å². The summed E-state index contributed by atoms with van der Waals surface area (Å²) >= 11 is 0. The van der Waals surface area contributed by atoms with Gasteiger partial charge in [-0.15, -0.1) is 0 Å². The molecule has 0 spiro atoms. The Bertz CT molecular complexity index is 482. The number of nitro groups is 1. The fraction of sp³-hybridized carbons (Fsp3) is 0.500. The van der Waals surface area contributed by atoms with Gasteiger partial charge in [-0.3, -0.25) is 10.1 Å². The van der Waals surface area contributed by atoms with Gasteiger partial charge in [0.1, 0.15) is 0 Å². The number of fused-ring (bicyclic) bond motifs is 1. The van der Waals surface area contributed by atoms with Gasteiger partial charge in [-0.25, -0.2) is 4.39 Å². The minimum Gasteiger partial charge on any atom is -0.363 e. The summed E-state index contributed by atoms with van der Waals surface area (Å²) in [6.45, 7) is 3.23. The topological polar surface area (TPSA) is 58.4 Å². The zero-order valence-corrected chi connectivity index (χ0v) is 9.80. The molecule has 1 aromatic rings. The second kappa shape index (κ2) is 4.20. The predicted molar refractivity (Wildman–Crippen MR) is 65.1 cm³/mol. The van der Waals surface area contributed by atoms with Gasteiger partial charge in [0.25, 0.3) is 5.69 Å². The highest BCUT2D eigenvalue weighted by Crippen LogP contribution is 2.37. The first kappa shape index (κ1) is 11.4. The minimum absolute atomic E-state index is 0.136. The van der Waals surface area contributed by atoms with Crippen LogP contribution in [-0.2, 0) is 0 Å². The van der Waals surface area contributed by atoms with Gasteiger partial charge in [0, 0.05) is 32.2 Å². The summed E-state index contributed by atoms with van der Waals surface area (Å²) in [4.78, 5) is 12.3. The Morgan fingerprint density at radius 1 is 1.33 bits per heavy atom. The molecular weight excluding hydrogens is 237 g/mol. The highest BCUT2D eigenvalue weighted by atomic mass is 19.1. The van der Waals surface area contributed by atoms with Crippen molar-refractivity contribution in [1.82, 2.24) is 5.32 Å². The minimum atomic E-state index is -0.509. The van der Waals surface area contributed by atoms with Crippen LogP contribution in [0.25, 0.3) is 0 Å². The molecule has 5 nitrogen and oxygen atoms in total. The molecule has 0 saturated carbocycles. The molecule has 2 saturated heterocycles. The standard InChI is InChI=1S/C12H14FN3O2/c13-10-2-1-3-11(16(17)18)12(10)15-6-8-4-14-5-9(8)7-15/h1-3,8-9,14H,4-7H2/t8-,9+. The van der Waals surface area contributed by atoms with Crippen LogP contribution < -0.4 is 10.2 Å². The van der Waals surface area contributed by atoms with E-state index in [1.54, 1.807) is 0 Å². The van der Waals surface area contributed by atoms with Crippen LogP contribution in [0.15, 0.2) is 18.2 Å². The van der Waals surface area contributed by atoms with Crippen molar-refractivity contribution in [3.63, 3.8) is 0 Å². The number of rotatable bonds is 2. The van der Waals surface area contributed by atoms with Crippen LogP contribution in [0.4, 0.5) is 15.8 Å². The van der Waals surface area contributed by atoms with E-state index in [-0.39, 0.29) is 11.4 Å². The fourth-order valence-electron chi connectivity index (χ4n) is 3.00. The lowest BCUT2D eigenvalue weighted by atomic mass is 10.0. The molecular formula is C12H14FN3O2. The first-order valence-electron chi connectivity index (χ1n) is 6.05. The maximum Gasteiger partial charge on any atom is 0.295 e. The lowest BCUT2D eigenvalue weighted by molar-refractivity contribution is -0.384. The van der Waals surface area contributed by atoms with Gasteiger partial charge < -0.3 is 10.2 Å². The maximum absolute atomic E-state index is 13.9. The third-order valence-corrected chi connectivity index (χ3v) is 3.87. The molecule has 0 aromatic heterocycles. The number of nitro benzene ring substituents is 1. The monoisotopic (exact) mass is 251 g/mol. The van der Waals surface area contributed by atoms with Crippen LogP contribution >= 0.6 is 0 Å². The number of para-hydroxylation sites is 1. The third kappa shape index (κ3) is 1.73. The van der Waals surface area contributed by atoms with Gasteiger partial charge in [0.2, 0.25) is 0 Å². The van der Waals surface area contributed by atoms with Crippen molar-refractivity contribution in [3.8, 4) is 0 Å². The smallest absolute Gasteiger partial charge is 0.295 e. The van der Waals surface area contributed by atoms with E-state index < -0.39 is 10.7 Å². The summed E-state index contributed by atoms with van der Waals surface area (Å²) in [5.74, 6) is 0.450. The van der Waals surface area contributed by atoms with E-state index in [1.165, 1.54) is 18.2 Å². The molecule has 2 aliphatic heterocycles. The second-order valence-corrected chi connectivity index (χ2v) is 4.95. The molecule has 2 aliphatic rings. The molecule has 3 rings (SSSR count). The van der Waals surface area contributed by atoms with Crippen LogP contribution in [0.2, 0.25) is 0 Å². The molecule has 2 heterocycles. The van der Waals surface area contributed by atoms with Crippen molar-refractivity contribution >= 4 is 11.4 Å². The van der Waals surface area contributed by atoms with Crippen LogP contribution in [0.5, 0.6) is 0 Å². The number of hydrogen-bond acceptors (Lipinski definition) is 4. The molecule has 1 N–H and O–H groups in total. The van der Waals surface area contributed by atoms with Gasteiger partial charge in [-0.1, -0.05) is 6.07 Å². The normalized spacial score (nSPS) is 26.4. The number of hydrogen-bond donors (Lipinski definition) is 1. The predicted octanol–water partition coefficient (Wildman–Crippen LogP) is 1.39. The number of nitrogens with zero attached hydrogens (tertiary/aromatic N) is 2. The van der Waals surface area contributed by atoms with Crippen LogP contribution in [0.3, 0.4) is 0 Å². The van der Waals surface area contributed by atoms with E-state index in [2.05, 4.69) is 5.32 Å². The molecule has 0 aliphatic carbocycles. The SMILES string of the molecule is O=[N+]([O-])c1cccc(F)c1N1C[C@H]2CNC[C@H]2C1. The average Bonchev–Trinajstić information content (AvgIpc) is 2.88. The molecule has 96 valence electrons. The zero-order valence-electron chi connectivity index (χ0n) is 9.80. The summed E-state index contributed by atoms with van der Waals surface area (Å²) in [6, 6.07) is 4.04. The summed E-state index contributed by atoms with van der Waals surface area (Å²) in [5, 5.41) is 14.3. The fourth-order valence-corrected chi connectivity index (χ4v) is 3.00. The van der Waals surface area contributed by atoms with Gasteiger partial charge in [-0.2, -0.15) is 0 Å². The largest absolute Gasteiger partial charge is 0.363 e. The average molecular weight is 251 g/mol. The Balaban J connectivity index is 1.95. The van der Waals surface area contributed by atoms with Gasteiger partial charge in [0.15, 0.2) is 11.5 Å². The van der Waals surface area contributed by atoms with Gasteiger partial charge >= 0.3 is 0 Å². The Kier molecular flexibility index (Phi) is 2.66. The molecule has 2 fully saturated rings. The molecule has 0 unspecified atom stereocenters. The summed E-state index contributed by atoms with van der Waals surface area (Å²) < 4.78 is 13.9. The molecule has 2 atom stereocenters. The zero-order chi connectivity index (χ0) is 12.7. The number of anilines is 1. The van der Waals surface area contributed by atoms with E-state index >= 15 is 0 Å². The summed E-state index contributed by atoms with van der Waals surface area (Å²) in [7, 11) is 0. The third-order valence-electron chi connectivity index (χ3n) is 3.87. The quantitative estimate of drug-likeness (QED) is 0.637. The van der Waals surface area contributed by atoms with Crippen molar-refractivity contribution in [2.24, 2.45) is 11.8 Å². The van der Waals surface area contributed by atoms with Crippen LogP contribution in [0, 0.1) is 27.8 Å². The highest BCUT2D eigenvalue weighted by Gasteiger charge is 2.39. The van der Waals surface area contributed by atoms with Crippen molar-refractivity contribution in [1.29, 1.82) is 0 Å². The molecule has 1 aromatic carbocycles. The first-order valence-corrected chi connectivity index (χ1v) is 6.05.